The van der Waals surface area contributed by atoms with E-state index in [1.54, 1.807) is 7.11 Å². The maximum absolute atomic E-state index is 6.39. The molecule has 0 radical (unpaired) electrons. The summed E-state index contributed by atoms with van der Waals surface area (Å²) in [6.07, 6.45) is 8.73. The standard InChI is InChI=1S/C19H25N3O2/c1-23-15-8-6-14(7-9-15)18(10-3-2-4-11-18)17-21-16(22-24-17)19(20)12-5-13-19/h6-9H,2-5,10-13,20H2,1H3. The van der Waals surface area contributed by atoms with Gasteiger partial charge in [0.05, 0.1) is 18.1 Å². The van der Waals surface area contributed by atoms with Crippen molar-refractivity contribution in [3.05, 3.63) is 41.5 Å². The van der Waals surface area contributed by atoms with Crippen LogP contribution in [0.15, 0.2) is 28.8 Å². The molecular formula is C19H25N3O2. The Morgan fingerprint density at radius 1 is 1.00 bits per heavy atom. The molecule has 1 aromatic heterocycles. The molecule has 5 heteroatoms. The molecule has 2 aliphatic rings. The molecule has 0 saturated heterocycles. The Hall–Kier alpha value is -1.88. The largest absolute Gasteiger partial charge is 0.497 e. The number of hydrogen-bond donors (Lipinski definition) is 1. The van der Waals surface area contributed by atoms with Gasteiger partial charge >= 0.3 is 0 Å². The summed E-state index contributed by atoms with van der Waals surface area (Å²) in [5.74, 6) is 2.28. The second-order valence-electron chi connectivity index (χ2n) is 7.30. The molecule has 0 aliphatic heterocycles. The monoisotopic (exact) mass is 327 g/mol. The van der Waals surface area contributed by atoms with Gasteiger partial charge in [-0.05, 0) is 49.8 Å². The second-order valence-corrected chi connectivity index (χ2v) is 7.30. The van der Waals surface area contributed by atoms with Gasteiger partial charge < -0.3 is 15.0 Å². The van der Waals surface area contributed by atoms with Gasteiger partial charge in [0, 0.05) is 0 Å². The molecule has 2 aromatic rings. The minimum atomic E-state index is -0.377. The Morgan fingerprint density at radius 3 is 2.29 bits per heavy atom. The molecule has 0 atom stereocenters. The lowest BCUT2D eigenvalue weighted by Crippen LogP contribution is -2.44. The van der Waals surface area contributed by atoms with E-state index >= 15 is 0 Å². The number of ether oxygens (including phenoxy) is 1. The summed E-state index contributed by atoms with van der Waals surface area (Å²) in [7, 11) is 1.69. The van der Waals surface area contributed by atoms with Crippen LogP contribution in [-0.2, 0) is 11.0 Å². The Kier molecular flexibility index (Phi) is 3.83. The predicted molar refractivity (Wildman–Crippen MR) is 90.9 cm³/mol. The van der Waals surface area contributed by atoms with Crippen LogP contribution in [-0.4, -0.2) is 17.3 Å². The first-order valence-corrected chi connectivity index (χ1v) is 8.94. The van der Waals surface area contributed by atoms with Crippen LogP contribution >= 0.6 is 0 Å². The first-order valence-electron chi connectivity index (χ1n) is 8.94. The van der Waals surface area contributed by atoms with Crippen LogP contribution in [0.2, 0.25) is 0 Å². The highest BCUT2D eigenvalue weighted by Gasteiger charge is 2.44. The van der Waals surface area contributed by atoms with Crippen molar-refractivity contribution in [3.63, 3.8) is 0 Å². The smallest absolute Gasteiger partial charge is 0.237 e. The van der Waals surface area contributed by atoms with E-state index in [-0.39, 0.29) is 11.0 Å². The zero-order chi connectivity index (χ0) is 16.6. The summed E-state index contributed by atoms with van der Waals surface area (Å²) in [4.78, 5) is 4.78. The van der Waals surface area contributed by atoms with E-state index in [0.29, 0.717) is 5.82 Å². The van der Waals surface area contributed by atoms with Crippen LogP contribution in [0.25, 0.3) is 0 Å². The molecule has 1 heterocycles. The van der Waals surface area contributed by atoms with E-state index < -0.39 is 0 Å². The number of benzene rings is 1. The molecule has 24 heavy (non-hydrogen) atoms. The van der Waals surface area contributed by atoms with E-state index in [1.807, 2.05) is 12.1 Å². The van der Waals surface area contributed by atoms with Gasteiger partial charge in [-0.25, -0.2) is 0 Å². The molecule has 2 saturated carbocycles. The van der Waals surface area contributed by atoms with Gasteiger partial charge in [0.1, 0.15) is 5.75 Å². The van der Waals surface area contributed by atoms with Crippen LogP contribution in [0.4, 0.5) is 0 Å². The molecule has 5 nitrogen and oxygen atoms in total. The Morgan fingerprint density at radius 2 is 1.71 bits per heavy atom. The van der Waals surface area contributed by atoms with Crippen LogP contribution in [0.3, 0.4) is 0 Å². The number of nitrogens with two attached hydrogens (primary N) is 1. The maximum atomic E-state index is 6.39. The van der Waals surface area contributed by atoms with E-state index in [0.717, 1.165) is 43.7 Å². The molecule has 2 N–H and O–H groups in total. The first-order chi connectivity index (χ1) is 11.7. The van der Waals surface area contributed by atoms with Gasteiger partial charge in [0.25, 0.3) is 0 Å². The van der Waals surface area contributed by atoms with E-state index in [9.17, 15) is 0 Å². The minimum Gasteiger partial charge on any atom is -0.497 e. The zero-order valence-electron chi connectivity index (χ0n) is 14.3. The summed E-state index contributed by atoms with van der Waals surface area (Å²) in [6, 6.07) is 8.30. The molecule has 0 bridgehead atoms. The molecular weight excluding hydrogens is 302 g/mol. The fraction of sp³-hybridized carbons (Fsp3) is 0.579. The van der Waals surface area contributed by atoms with Crippen molar-refractivity contribution in [2.24, 2.45) is 5.73 Å². The fourth-order valence-electron chi connectivity index (χ4n) is 4.09. The Bertz CT molecular complexity index is 698. The van der Waals surface area contributed by atoms with Crippen molar-refractivity contribution in [1.82, 2.24) is 10.1 Å². The van der Waals surface area contributed by atoms with E-state index in [2.05, 4.69) is 17.3 Å². The summed E-state index contributed by atoms with van der Waals surface area (Å²) in [5, 5.41) is 4.25. The lowest BCUT2D eigenvalue weighted by molar-refractivity contribution is 0.223. The van der Waals surface area contributed by atoms with Gasteiger partial charge in [-0.3, -0.25) is 0 Å². The zero-order valence-corrected chi connectivity index (χ0v) is 14.3. The number of nitrogens with zero attached hydrogens (tertiary/aromatic N) is 2. The van der Waals surface area contributed by atoms with Crippen molar-refractivity contribution in [1.29, 1.82) is 0 Å². The minimum absolute atomic E-state index is 0.185. The third kappa shape index (κ3) is 2.42. The average Bonchev–Trinajstić information content (AvgIpc) is 3.11. The highest BCUT2D eigenvalue weighted by molar-refractivity contribution is 5.37. The molecule has 2 fully saturated rings. The summed E-state index contributed by atoms with van der Waals surface area (Å²) >= 11 is 0. The van der Waals surface area contributed by atoms with Gasteiger partial charge in [-0.1, -0.05) is 36.6 Å². The normalized spacial score (nSPS) is 21.9. The second kappa shape index (κ2) is 5.88. The summed E-state index contributed by atoms with van der Waals surface area (Å²) in [6.45, 7) is 0. The fourth-order valence-corrected chi connectivity index (χ4v) is 4.09. The quantitative estimate of drug-likeness (QED) is 0.927. The SMILES string of the molecule is COc1ccc(C2(c3nc(C4(N)CCC4)no3)CCCCC2)cc1. The molecule has 128 valence electrons. The van der Waals surface area contributed by atoms with Crippen LogP contribution in [0.5, 0.6) is 5.75 Å². The van der Waals surface area contributed by atoms with Gasteiger partial charge in [0.15, 0.2) is 5.82 Å². The molecule has 1 aromatic carbocycles. The van der Waals surface area contributed by atoms with E-state index in [4.69, 9.17) is 20.0 Å². The maximum Gasteiger partial charge on any atom is 0.237 e. The van der Waals surface area contributed by atoms with Gasteiger partial charge in [-0.15, -0.1) is 0 Å². The number of hydrogen-bond acceptors (Lipinski definition) is 5. The van der Waals surface area contributed by atoms with Crippen molar-refractivity contribution in [2.75, 3.05) is 7.11 Å². The predicted octanol–water partition coefficient (Wildman–Crippen LogP) is 3.67. The number of methoxy groups -OCH3 is 1. The highest BCUT2D eigenvalue weighted by Crippen LogP contribution is 2.45. The highest BCUT2D eigenvalue weighted by atomic mass is 16.5. The van der Waals surface area contributed by atoms with Gasteiger partial charge in [0.2, 0.25) is 5.89 Å². The topological polar surface area (TPSA) is 74.2 Å². The van der Waals surface area contributed by atoms with E-state index in [1.165, 1.54) is 24.8 Å². The molecule has 4 rings (SSSR count). The van der Waals surface area contributed by atoms with Crippen molar-refractivity contribution >= 4 is 0 Å². The van der Waals surface area contributed by atoms with Crippen LogP contribution < -0.4 is 10.5 Å². The Labute approximate surface area is 142 Å². The number of aromatic nitrogens is 2. The summed E-state index contributed by atoms with van der Waals surface area (Å²) < 4.78 is 11.1. The van der Waals surface area contributed by atoms with Crippen LogP contribution in [0.1, 0.15) is 68.6 Å². The van der Waals surface area contributed by atoms with Crippen molar-refractivity contribution < 1.29 is 9.26 Å². The lowest BCUT2D eigenvalue weighted by atomic mass is 9.69. The molecule has 0 amide bonds. The average molecular weight is 327 g/mol. The van der Waals surface area contributed by atoms with Crippen LogP contribution in [0, 0.1) is 0 Å². The first kappa shape index (κ1) is 15.6. The third-order valence-electron chi connectivity index (χ3n) is 5.88. The lowest BCUT2D eigenvalue weighted by Gasteiger charge is -2.35. The molecule has 0 spiro atoms. The molecule has 0 unspecified atom stereocenters. The molecule has 2 aliphatic carbocycles. The van der Waals surface area contributed by atoms with Crippen molar-refractivity contribution in [2.45, 2.75) is 62.3 Å². The summed E-state index contributed by atoms with van der Waals surface area (Å²) in [5.41, 5.74) is 7.06. The van der Waals surface area contributed by atoms with Gasteiger partial charge in [-0.2, -0.15) is 4.98 Å². The number of rotatable bonds is 4. The van der Waals surface area contributed by atoms with Crippen molar-refractivity contribution in [3.8, 4) is 5.75 Å². The Balaban J connectivity index is 1.73. The third-order valence-corrected chi connectivity index (χ3v) is 5.88.